The second-order valence-corrected chi connectivity index (χ2v) is 9.01. The monoisotopic (exact) mass is 387 g/mol. The first kappa shape index (κ1) is 20.6. The van der Waals surface area contributed by atoms with Crippen molar-refractivity contribution in [2.24, 2.45) is 5.41 Å². The zero-order valence-corrected chi connectivity index (χ0v) is 17.4. The fourth-order valence-corrected chi connectivity index (χ4v) is 3.96. The van der Waals surface area contributed by atoms with Crippen molar-refractivity contribution in [1.82, 2.24) is 15.2 Å². The molecule has 6 nitrogen and oxygen atoms in total. The first-order valence-corrected chi connectivity index (χ1v) is 10.5. The molecule has 154 valence electrons. The Balaban J connectivity index is 1.50. The highest BCUT2D eigenvalue weighted by Gasteiger charge is 2.38. The van der Waals surface area contributed by atoms with Gasteiger partial charge >= 0.3 is 0 Å². The molecule has 0 bridgehead atoms. The van der Waals surface area contributed by atoms with Gasteiger partial charge in [0.15, 0.2) is 0 Å². The van der Waals surface area contributed by atoms with Gasteiger partial charge in [-0.05, 0) is 44.1 Å². The van der Waals surface area contributed by atoms with Gasteiger partial charge in [0.05, 0.1) is 0 Å². The van der Waals surface area contributed by atoms with Crippen molar-refractivity contribution in [1.29, 1.82) is 0 Å². The molecular formula is C22H33N3O3. The molecule has 1 saturated heterocycles. The van der Waals surface area contributed by atoms with Gasteiger partial charge in [0.25, 0.3) is 0 Å². The van der Waals surface area contributed by atoms with Gasteiger partial charge in [-0.3, -0.25) is 9.59 Å². The summed E-state index contributed by atoms with van der Waals surface area (Å²) in [4.78, 5) is 31.3. The third kappa shape index (κ3) is 5.24. The summed E-state index contributed by atoms with van der Waals surface area (Å²) in [7, 11) is 0. The van der Waals surface area contributed by atoms with Crippen LogP contribution in [0.3, 0.4) is 0 Å². The van der Waals surface area contributed by atoms with Crippen LogP contribution in [0.4, 0.5) is 0 Å². The van der Waals surface area contributed by atoms with Gasteiger partial charge in [0.2, 0.25) is 17.7 Å². The Morgan fingerprint density at radius 1 is 1.14 bits per heavy atom. The molecule has 6 heteroatoms. The third-order valence-electron chi connectivity index (χ3n) is 5.56. The lowest BCUT2D eigenvalue weighted by Gasteiger charge is -2.30. The van der Waals surface area contributed by atoms with E-state index in [1.807, 2.05) is 32.9 Å². The van der Waals surface area contributed by atoms with E-state index in [0.717, 1.165) is 31.2 Å². The zero-order chi connectivity index (χ0) is 20.1. The maximum Gasteiger partial charge on any atom is 0.243 e. The summed E-state index contributed by atoms with van der Waals surface area (Å²) in [5.41, 5.74) is 0.456. The van der Waals surface area contributed by atoms with Crippen molar-refractivity contribution in [2.75, 3.05) is 6.54 Å². The molecule has 0 aromatic carbocycles. The van der Waals surface area contributed by atoms with E-state index in [0.29, 0.717) is 19.0 Å². The van der Waals surface area contributed by atoms with Crippen molar-refractivity contribution >= 4 is 11.8 Å². The summed E-state index contributed by atoms with van der Waals surface area (Å²) in [6.07, 6.45) is 9.58. The van der Waals surface area contributed by atoms with Gasteiger partial charge in [-0.25, -0.2) is 4.98 Å². The number of nitrogens with zero attached hydrogens (tertiary/aromatic N) is 2. The summed E-state index contributed by atoms with van der Waals surface area (Å²) in [6, 6.07) is 3.45. The van der Waals surface area contributed by atoms with E-state index in [4.69, 9.17) is 4.74 Å². The van der Waals surface area contributed by atoms with Crippen LogP contribution >= 0.6 is 0 Å². The Kier molecular flexibility index (Phi) is 6.57. The quantitative estimate of drug-likeness (QED) is 0.840. The summed E-state index contributed by atoms with van der Waals surface area (Å²) in [5, 5.41) is 2.96. The smallest absolute Gasteiger partial charge is 0.243 e. The molecule has 28 heavy (non-hydrogen) atoms. The lowest BCUT2D eigenvalue weighted by atomic mass is 9.94. The van der Waals surface area contributed by atoms with E-state index in [1.54, 1.807) is 11.1 Å². The molecule has 1 aromatic heterocycles. The highest BCUT2D eigenvalue weighted by molar-refractivity contribution is 5.90. The highest BCUT2D eigenvalue weighted by Crippen LogP contribution is 2.26. The van der Waals surface area contributed by atoms with Crippen LogP contribution in [0, 0.1) is 5.41 Å². The lowest BCUT2D eigenvalue weighted by molar-refractivity contribution is -0.144. The zero-order valence-electron chi connectivity index (χ0n) is 17.4. The number of hydrogen-bond acceptors (Lipinski definition) is 4. The van der Waals surface area contributed by atoms with Gasteiger partial charge in [0, 0.05) is 30.8 Å². The molecule has 3 rings (SSSR count). The fourth-order valence-electron chi connectivity index (χ4n) is 3.96. The summed E-state index contributed by atoms with van der Waals surface area (Å²) >= 11 is 0. The third-order valence-corrected chi connectivity index (χ3v) is 5.56. The van der Waals surface area contributed by atoms with Crippen LogP contribution < -0.4 is 10.1 Å². The molecule has 0 spiro atoms. The molecular weight excluding hydrogens is 354 g/mol. The maximum atomic E-state index is 12.6. The Morgan fingerprint density at radius 2 is 1.89 bits per heavy atom. The highest BCUT2D eigenvalue weighted by atomic mass is 16.5. The number of likely N-dealkylation sites (tertiary alicyclic amines) is 1. The average Bonchev–Trinajstić information content (AvgIpc) is 3.16. The van der Waals surface area contributed by atoms with Crippen molar-refractivity contribution in [3.63, 3.8) is 0 Å². The summed E-state index contributed by atoms with van der Waals surface area (Å²) in [5.74, 6) is 0.605. The molecule has 1 N–H and O–H groups in total. The number of carbonyl (C=O) groups is 2. The minimum atomic E-state index is -0.471. The number of nitrogens with one attached hydrogen (secondary N) is 1. The van der Waals surface area contributed by atoms with Gasteiger partial charge in [-0.1, -0.05) is 33.3 Å². The predicted octanol–water partition coefficient (Wildman–Crippen LogP) is 3.45. The summed E-state index contributed by atoms with van der Waals surface area (Å²) in [6.45, 7) is 6.74. The number of rotatable bonds is 5. The first-order chi connectivity index (χ1) is 13.3. The largest absolute Gasteiger partial charge is 0.474 e. The standard InChI is InChI=1S/C22H33N3O3/c1-22(2,3)21(27)25-13-7-10-18(25)20(26)24-15-16-11-12-19(23-14-16)28-17-8-5-4-6-9-17/h11-12,14,17-18H,4-10,13,15H2,1-3H3,(H,24,26)/t18-/m0/s1. The number of pyridine rings is 1. The molecule has 1 atom stereocenters. The molecule has 1 saturated carbocycles. The predicted molar refractivity (Wildman–Crippen MR) is 108 cm³/mol. The molecule has 2 fully saturated rings. The summed E-state index contributed by atoms with van der Waals surface area (Å²) < 4.78 is 5.95. The van der Waals surface area contributed by atoms with E-state index in [-0.39, 0.29) is 24.0 Å². The number of aromatic nitrogens is 1. The van der Waals surface area contributed by atoms with E-state index >= 15 is 0 Å². The van der Waals surface area contributed by atoms with E-state index in [1.165, 1.54) is 19.3 Å². The second-order valence-electron chi connectivity index (χ2n) is 9.01. The topological polar surface area (TPSA) is 71.5 Å². The molecule has 2 heterocycles. The SMILES string of the molecule is CC(C)(C)C(=O)N1CCC[C@H]1C(=O)NCc1ccc(OC2CCCCC2)nc1. The van der Waals surface area contributed by atoms with E-state index < -0.39 is 5.41 Å². The van der Waals surface area contributed by atoms with Crippen LogP contribution in [-0.2, 0) is 16.1 Å². The van der Waals surface area contributed by atoms with E-state index in [2.05, 4.69) is 10.3 Å². The maximum absolute atomic E-state index is 12.6. The number of ether oxygens (including phenoxy) is 1. The Labute approximate surface area is 168 Å². The van der Waals surface area contributed by atoms with Gasteiger partial charge in [-0.15, -0.1) is 0 Å². The van der Waals surface area contributed by atoms with Crippen molar-refractivity contribution in [3.05, 3.63) is 23.9 Å². The lowest BCUT2D eigenvalue weighted by Crippen LogP contribution is -2.49. The van der Waals surface area contributed by atoms with Gasteiger partial charge in [-0.2, -0.15) is 0 Å². The second kappa shape index (κ2) is 8.93. The van der Waals surface area contributed by atoms with Crippen molar-refractivity contribution in [2.45, 2.75) is 84.4 Å². The molecule has 1 aliphatic heterocycles. The molecule has 1 aliphatic carbocycles. The Morgan fingerprint density at radius 3 is 2.54 bits per heavy atom. The Hall–Kier alpha value is -2.11. The van der Waals surface area contributed by atoms with Crippen LogP contribution in [0.1, 0.15) is 71.3 Å². The van der Waals surface area contributed by atoms with Crippen LogP contribution in [-0.4, -0.2) is 40.4 Å². The number of amides is 2. The van der Waals surface area contributed by atoms with E-state index in [9.17, 15) is 9.59 Å². The molecule has 0 radical (unpaired) electrons. The van der Waals surface area contributed by atoms with Crippen LogP contribution in [0.2, 0.25) is 0 Å². The van der Waals surface area contributed by atoms with Crippen LogP contribution in [0.5, 0.6) is 5.88 Å². The Bertz CT molecular complexity index is 675. The van der Waals surface area contributed by atoms with Crippen molar-refractivity contribution in [3.8, 4) is 5.88 Å². The normalized spacial score (nSPS) is 20.8. The minimum Gasteiger partial charge on any atom is -0.474 e. The average molecular weight is 388 g/mol. The molecule has 2 aliphatic rings. The number of hydrogen-bond donors (Lipinski definition) is 1. The first-order valence-electron chi connectivity index (χ1n) is 10.5. The molecule has 2 amide bonds. The van der Waals surface area contributed by atoms with Crippen LogP contribution in [0.15, 0.2) is 18.3 Å². The van der Waals surface area contributed by atoms with Crippen LogP contribution in [0.25, 0.3) is 0 Å². The number of carbonyl (C=O) groups excluding carboxylic acids is 2. The molecule has 0 unspecified atom stereocenters. The van der Waals surface area contributed by atoms with Crippen molar-refractivity contribution < 1.29 is 14.3 Å². The van der Waals surface area contributed by atoms with Gasteiger partial charge in [0.1, 0.15) is 12.1 Å². The molecule has 1 aromatic rings. The fraction of sp³-hybridized carbons (Fsp3) is 0.682. The minimum absolute atomic E-state index is 0.0380. The van der Waals surface area contributed by atoms with Gasteiger partial charge < -0.3 is 15.0 Å².